The molecule has 6 heteroatoms. The molecule has 0 saturated heterocycles. The van der Waals surface area contributed by atoms with E-state index in [1.807, 2.05) is 30.8 Å². The first-order chi connectivity index (χ1) is 9.13. The molecule has 3 N–H and O–H groups in total. The first kappa shape index (κ1) is 14.1. The van der Waals surface area contributed by atoms with E-state index in [1.165, 1.54) is 11.3 Å². The van der Waals surface area contributed by atoms with E-state index in [0.29, 0.717) is 10.6 Å². The van der Waals surface area contributed by atoms with Crippen molar-refractivity contribution in [3.63, 3.8) is 0 Å². The van der Waals surface area contributed by atoms with Crippen LogP contribution in [0, 0.1) is 0 Å². The summed E-state index contributed by atoms with van der Waals surface area (Å²) >= 11 is 3.15. The topological polar surface area (TPSA) is 68.0 Å². The van der Waals surface area contributed by atoms with Gasteiger partial charge in [0.1, 0.15) is 9.71 Å². The Hall–Kier alpha value is -1.27. The highest BCUT2D eigenvalue weighted by atomic mass is 32.2. The van der Waals surface area contributed by atoms with Crippen LogP contribution in [0.1, 0.15) is 23.5 Å². The molecule has 0 bridgehead atoms. The Bertz CT molecular complexity index is 582. The third-order valence-corrected chi connectivity index (χ3v) is 4.93. The molecule has 0 fully saturated rings. The number of thioether (sulfide) groups is 1. The summed E-state index contributed by atoms with van der Waals surface area (Å²) in [7, 11) is 0. The van der Waals surface area contributed by atoms with Gasteiger partial charge in [-0.25, -0.2) is 4.98 Å². The highest BCUT2D eigenvalue weighted by Gasteiger charge is 2.18. The molecule has 0 aliphatic rings. The Morgan fingerprint density at radius 1 is 1.63 bits per heavy atom. The van der Waals surface area contributed by atoms with Crippen LogP contribution >= 0.6 is 23.1 Å². The first-order valence-corrected chi connectivity index (χ1v) is 8.12. The van der Waals surface area contributed by atoms with E-state index in [0.717, 1.165) is 21.7 Å². The molecule has 0 aliphatic heterocycles. The predicted molar refractivity (Wildman–Crippen MR) is 84.0 cm³/mol. The van der Waals surface area contributed by atoms with Crippen molar-refractivity contribution in [1.82, 2.24) is 10.3 Å². The van der Waals surface area contributed by atoms with Crippen LogP contribution < -0.4 is 11.1 Å². The Kier molecular flexibility index (Phi) is 4.66. The van der Waals surface area contributed by atoms with Gasteiger partial charge in [-0.2, -0.15) is 11.8 Å². The number of carbonyl (C=O) groups excluding carboxylic acids is 1. The predicted octanol–water partition coefficient (Wildman–Crippen LogP) is 2.75. The molecule has 0 radical (unpaired) electrons. The van der Waals surface area contributed by atoms with E-state index in [2.05, 4.69) is 17.2 Å². The van der Waals surface area contributed by atoms with Gasteiger partial charge in [-0.15, -0.1) is 11.3 Å². The number of rotatable bonds is 5. The Morgan fingerprint density at radius 3 is 3.11 bits per heavy atom. The number of pyridine rings is 1. The van der Waals surface area contributed by atoms with E-state index >= 15 is 0 Å². The van der Waals surface area contributed by atoms with Gasteiger partial charge >= 0.3 is 0 Å². The minimum Gasteiger partial charge on any atom is -0.397 e. The fourth-order valence-electron chi connectivity index (χ4n) is 1.75. The number of thiophene rings is 1. The Balaban J connectivity index is 2.15. The van der Waals surface area contributed by atoms with Crippen molar-refractivity contribution in [1.29, 1.82) is 0 Å². The molecule has 1 amide bonds. The zero-order chi connectivity index (χ0) is 13.8. The van der Waals surface area contributed by atoms with Crippen LogP contribution in [0.25, 0.3) is 10.2 Å². The van der Waals surface area contributed by atoms with Gasteiger partial charge in [0.25, 0.3) is 5.91 Å². The molecule has 0 spiro atoms. The number of aromatic nitrogens is 1. The number of hydrogen-bond acceptors (Lipinski definition) is 5. The first-order valence-electron chi connectivity index (χ1n) is 6.15. The van der Waals surface area contributed by atoms with E-state index in [9.17, 15) is 4.79 Å². The largest absolute Gasteiger partial charge is 0.397 e. The van der Waals surface area contributed by atoms with Gasteiger partial charge in [-0.1, -0.05) is 6.92 Å². The van der Waals surface area contributed by atoms with Gasteiger partial charge in [0.05, 0.1) is 5.69 Å². The van der Waals surface area contributed by atoms with Crippen molar-refractivity contribution in [2.75, 3.05) is 17.2 Å². The molecule has 0 saturated carbocycles. The number of nitrogens with two attached hydrogens (primary N) is 1. The third kappa shape index (κ3) is 3.19. The van der Waals surface area contributed by atoms with Crippen LogP contribution in [0.4, 0.5) is 5.69 Å². The van der Waals surface area contributed by atoms with E-state index in [4.69, 9.17) is 5.73 Å². The second kappa shape index (κ2) is 6.25. The van der Waals surface area contributed by atoms with Crippen LogP contribution in [-0.4, -0.2) is 28.4 Å². The highest BCUT2D eigenvalue weighted by Crippen LogP contribution is 2.31. The molecule has 0 aliphatic carbocycles. The fraction of sp³-hybridized carbons (Fsp3) is 0.385. The summed E-state index contributed by atoms with van der Waals surface area (Å²) in [5.41, 5.74) is 6.55. The quantitative estimate of drug-likeness (QED) is 0.890. The summed E-state index contributed by atoms with van der Waals surface area (Å²) in [4.78, 5) is 17.8. The molecule has 2 aromatic rings. The lowest BCUT2D eigenvalue weighted by molar-refractivity contribution is 0.0948. The van der Waals surface area contributed by atoms with Crippen LogP contribution in [-0.2, 0) is 0 Å². The average molecular weight is 295 g/mol. The van der Waals surface area contributed by atoms with Crippen molar-refractivity contribution < 1.29 is 4.79 Å². The zero-order valence-corrected chi connectivity index (χ0v) is 12.6. The molecule has 19 heavy (non-hydrogen) atoms. The van der Waals surface area contributed by atoms with Gasteiger partial charge in [-0.3, -0.25) is 4.79 Å². The molecule has 2 heterocycles. The minimum absolute atomic E-state index is 0.107. The smallest absolute Gasteiger partial charge is 0.263 e. The third-order valence-electron chi connectivity index (χ3n) is 2.66. The highest BCUT2D eigenvalue weighted by molar-refractivity contribution is 7.99. The number of nitrogens with one attached hydrogen (secondary N) is 1. The number of anilines is 1. The summed E-state index contributed by atoms with van der Waals surface area (Å²) in [6.07, 6.45) is 1.71. The molecular weight excluding hydrogens is 278 g/mol. The Labute approximate surface area is 120 Å². The van der Waals surface area contributed by atoms with E-state index in [-0.39, 0.29) is 11.9 Å². The van der Waals surface area contributed by atoms with Crippen LogP contribution in [0.15, 0.2) is 18.3 Å². The van der Waals surface area contributed by atoms with E-state index in [1.54, 1.807) is 6.20 Å². The maximum Gasteiger partial charge on any atom is 0.263 e. The monoisotopic (exact) mass is 295 g/mol. The number of carbonyl (C=O) groups is 1. The number of amides is 1. The summed E-state index contributed by atoms with van der Waals surface area (Å²) in [6.45, 7) is 4.11. The molecule has 4 nitrogen and oxygen atoms in total. The van der Waals surface area contributed by atoms with Crippen molar-refractivity contribution in [3.05, 3.63) is 23.2 Å². The lowest BCUT2D eigenvalue weighted by Crippen LogP contribution is -2.34. The summed E-state index contributed by atoms with van der Waals surface area (Å²) in [5, 5.41) is 3.83. The Morgan fingerprint density at radius 2 is 2.42 bits per heavy atom. The van der Waals surface area contributed by atoms with Gasteiger partial charge in [0.15, 0.2) is 0 Å². The van der Waals surface area contributed by atoms with Crippen molar-refractivity contribution in [2.24, 2.45) is 0 Å². The average Bonchev–Trinajstić information content (AvgIpc) is 2.74. The number of nitrogen functional groups attached to an aromatic ring is 1. The van der Waals surface area contributed by atoms with Crippen molar-refractivity contribution in [2.45, 2.75) is 19.9 Å². The summed E-state index contributed by atoms with van der Waals surface area (Å²) in [6, 6.07) is 3.85. The molecular formula is C13H17N3OS2. The van der Waals surface area contributed by atoms with Crippen LogP contribution in [0.5, 0.6) is 0 Å². The maximum atomic E-state index is 12.2. The van der Waals surface area contributed by atoms with Crippen LogP contribution in [0.3, 0.4) is 0 Å². The number of hydrogen-bond donors (Lipinski definition) is 2. The molecule has 102 valence electrons. The lowest BCUT2D eigenvalue weighted by Gasteiger charge is -2.12. The van der Waals surface area contributed by atoms with Crippen molar-refractivity contribution in [3.8, 4) is 0 Å². The normalized spacial score (nSPS) is 12.5. The molecule has 1 unspecified atom stereocenters. The maximum absolute atomic E-state index is 12.2. The number of nitrogens with zero attached hydrogens (tertiary/aromatic N) is 1. The zero-order valence-electron chi connectivity index (χ0n) is 11.0. The molecule has 2 rings (SSSR count). The van der Waals surface area contributed by atoms with Gasteiger partial charge in [0.2, 0.25) is 0 Å². The summed E-state index contributed by atoms with van der Waals surface area (Å²) < 4.78 is 0. The van der Waals surface area contributed by atoms with Gasteiger partial charge < -0.3 is 11.1 Å². The molecule has 2 aromatic heterocycles. The SMILES string of the molecule is CCSCC(C)NC(=O)c1sc2ncccc2c1N. The second-order valence-corrected chi connectivity index (χ2v) is 6.55. The second-order valence-electron chi connectivity index (χ2n) is 4.23. The molecule has 0 aromatic carbocycles. The lowest BCUT2D eigenvalue weighted by atomic mass is 10.2. The standard InChI is InChI=1S/C13H17N3OS2/c1-3-18-7-8(2)16-12(17)11-10(14)9-5-4-6-15-13(9)19-11/h4-6,8H,3,7,14H2,1-2H3,(H,16,17). The van der Waals surface area contributed by atoms with Gasteiger partial charge in [0, 0.05) is 23.4 Å². The summed E-state index contributed by atoms with van der Waals surface area (Å²) in [5.74, 6) is 1.85. The van der Waals surface area contributed by atoms with E-state index < -0.39 is 0 Å². The number of fused-ring (bicyclic) bond motifs is 1. The van der Waals surface area contributed by atoms with Crippen molar-refractivity contribution >= 4 is 44.9 Å². The molecule has 1 atom stereocenters. The fourth-order valence-corrected chi connectivity index (χ4v) is 3.38. The minimum atomic E-state index is -0.107. The van der Waals surface area contributed by atoms with Crippen LogP contribution in [0.2, 0.25) is 0 Å². The van der Waals surface area contributed by atoms with Gasteiger partial charge in [-0.05, 0) is 24.8 Å².